The minimum Gasteiger partial charge on any atom is -0.372 e. The lowest BCUT2D eigenvalue weighted by atomic mass is 9.88. The van der Waals surface area contributed by atoms with Crippen LogP contribution < -0.4 is 10.6 Å². The van der Waals surface area contributed by atoms with Gasteiger partial charge in [0.2, 0.25) is 5.91 Å². The average molecular weight is 504 g/mol. The molecule has 1 amide bonds. The number of halogens is 6. The number of nitrogens with zero attached hydrogens (tertiary/aromatic N) is 2. The first-order chi connectivity index (χ1) is 16.3. The molecular weight excluding hydrogens is 478 g/mol. The molecule has 4 atom stereocenters. The van der Waals surface area contributed by atoms with Gasteiger partial charge in [0.1, 0.15) is 0 Å². The van der Waals surface area contributed by atoms with Gasteiger partial charge in [-0.05, 0) is 56.0 Å². The zero-order valence-electron chi connectivity index (χ0n) is 18.9. The van der Waals surface area contributed by atoms with Crippen LogP contribution in [0.15, 0.2) is 36.7 Å². The maximum atomic E-state index is 13.1. The number of alkyl halides is 6. The molecule has 2 aromatic rings. The number of rotatable bonds is 7. The molecule has 12 heteroatoms. The van der Waals surface area contributed by atoms with Crippen LogP contribution in [0.5, 0.6) is 0 Å². The van der Waals surface area contributed by atoms with Gasteiger partial charge in [-0.15, -0.1) is 0 Å². The van der Waals surface area contributed by atoms with Crippen molar-refractivity contribution in [1.29, 1.82) is 0 Å². The van der Waals surface area contributed by atoms with Gasteiger partial charge < -0.3 is 15.4 Å². The third kappa shape index (κ3) is 5.80. The molecule has 1 aromatic carbocycles. The molecule has 2 aliphatic rings. The predicted molar refractivity (Wildman–Crippen MR) is 113 cm³/mol. The van der Waals surface area contributed by atoms with E-state index in [0.29, 0.717) is 44.5 Å². The fourth-order valence-electron chi connectivity index (χ4n) is 5.03. The number of fused-ring (bicyclic) bond motifs is 2. The average Bonchev–Trinajstić information content (AvgIpc) is 3.38. The minimum absolute atomic E-state index is 0.0741. The molecule has 0 saturated carbocycles. The Labute approximate surface area is 198 Å². The summed E-state index contributed by atoms with van der Waals surface area (Å²) in [5.74, 6) is -0.414. The van der Waals surface area contributed by atoms with E-state index in [2.05, 4.69) is 15.7 Å². The smallest absolute Gasteiger partial charge is 0.372 e. The van der Waals surface area contributed by atoms with Crippen molar-refractivity contribution in [2.45, 2.75) is 69.4 Å². The molecule has 1 aromatic heterocycles. The minimum atomic E-state index is -4.91. The highest BCUT2D eigenvalue weighted by Gasteiger charge is 2.52. The van der Waals surface area contributed by atoms with Crippen LogP contribution in [0, 0.1) is 5.92 Å². The number of benzene rings is 1. The fraction of sp³-hybridized carbons (Fsp3) is 0.565. The van der Waals surface area contributed by atoms with Crippen molar-refractivity contribution in [3.63, 3.8) is 0 Å². The largest absolute Gasteiger partial charge is 0.416 e. The molecule has 2 N–H and O–H groups in total. The summed E-state index contributed by atoms with van der Waals surface area (Å²) >= 11 is 0. The number of hydrogen-bond acceptors (Lipinski definition) is 4. The first-order valence-corrected chi connectivity index (χ1v) is 11.3. The van der Waals surface area contributed by atoms with Gasteiger partial charge in [0.05, 0.1) is 36.3 Å². The SMILES string of the molecule is CC12CC(C(=O)NCCn3cccn3)C(CCC1OCc1cc(C(F)(F)F)cc(C(F)(F)F)c1)N2. The summed E-state index contributed by atoms with van der Waals surface area (Å²) < 4.78 is 86.4. The molecule has 2 bridgehead atoms. The normalized spacial score (nSPS) is 26.7. The van der Waals surface area contributed by atoms with Crippen LogP contribution in [0.1, 0.15) is 42.9 Å². The number of hydrogen-bond donors (Lipinski definition) is 2. The molecule has 4 rings (SSSR count). The highest BCUT2D eigenvalue weighted by atomic mass is 19.4. The third-order valence-electron chi connectivity index (χ3n) is 6.73. The Morgan fingerprint density at radius 3 is 2.46 bits per heavy atom. The Morgan fingerprint density at radius 2 is 1.86 bits per heavy atom. The quantitative estimate of drug-likeness (QED) is 0.556. The molecule has 2 saturated heterocycles. The zero-order chi connectivity index (χ0) is 25.4. The van der Waals surface area contributed by atoms with Crippen LogP contribution >= 0.6 is 0 Å². The Hall–Kier alpha value is -2.60. The van der Waals surface area contributed by atoms with Crippen LogP contribution in [0.3, 0.4) is 0 Å². The number of carbonyl (C=O) groups is 1. The van der Waals surface area contributed by atoms with E-state index >= 15 is 0 Å². The first-order valence-electron chi connectivity index (χ1n) is 11.3. The molecule has 4 unspecified atom stereocenters. The Morgan fingerprint density at radius 1 is 1.17 bits per heavy atom. The van der Waals surface area contributed by atoms with Crippen molar-refractivity contribution in [3.05, 3.63) is 53.3 Å². The van der Waals surface area contributed by atoms with Gasteiger partial charge in [0.15, 0.2) is 0 Å². The molecule has 35 heavy (non-hydrogen) atoms. The van der Waals surface area contributed by atoms with Crippen LogP contribution in [-0.2, 0) is 35.0 Å². The highest BCUT2D eigenvalue weighted by molar-refractivity contribution is 5.80. The van der Waals surface area contributed by atoms with Crippen molar-refractivity contribution in [1.82, 2.24) is 20.4 Å². The molecule has 2 fully saturated rings. The maximum absolute atomic E-state index is 13.1. The fourth-order valence-corrected chi connectivity index (χ4v) is 5.03. The Bertz CT molecular complexity index is 1010. The summed E-state index contributed by atoms with van der Waals surface area (Å²) in [6, 6.07) is 3.18. The zero-order valence-corrected chi connectivity index (χ0v) is 18.9. The van der Waals surface area contributed by atoms with E-state index in [-0.39, 0.29) is 29.5 Å². The van der Waals surface area contributed by atoms with Gasteiger partial charge in [-0.25, -0.2) is 0 Å². The summed E-state index contributed by atoms with van der Waals surface area (Å²) in [5.41, 5.74) is -3.57. The number of ether oxygens (including phenoxy) is 1. The van der Waals surface area contributed by atoms with Gasteiger partial charge in [-0.1, -0.05) is 0 Å². The van der Waals surface area contributed by atoms with Crippen LogP contribution in [0.4, 0.5) is 26.3 Å². The topological polar surface area (TPSA) is 68.2 Å². The van der Waals surface area contributed by atoms with Crippen LogP contribution in [0.25, 0.3) is 0 Å². The molecular formula is C23H26F6N4O2. The van der Waals surface area contributed by atoms with Gasteiger partial charge in [-0.3, -0.25) is 9.48 Å². The van der Waals surface area contributed by atoms with Crippen molar-refractivity contribution >= 4 is 5.91 Å². The second kappa shape index (κ2) is 9.45. The predicted octanol–water partition coefficient (Wildman–Crippen LogP) is 4.15. The van der Waals surface area contributed by atoms with Gasteiger partial charge in [0, 0.05) is 30.5 Å². The molecule has 6 nitrogen and oxygen atoms in total. The summed E-state index contributed by atoms with van der Waals surface area (Å²) in [6.45, 7) is 2.41. The molecule has 0 radical (unpaired) electrons. The van der Waals surface area contributed by atoms with Crippen molar-refractivity contribution in [2.24, 2.45) is 5.92 Å². The number of nitrogens with one attached hydrogen (secondary N) is 2. The van der Waals surface area contributed by atoms with E-state index < -0.39 is 41.7 Å². The van der Waals surface area contributed by atoms with Crippen molar-refractivity contribution < 1.29 is 35.9 Å². The Balaban J connectivity index is 1.39. The summed E-state index contributed by atoms with van der Waals surface area (Å²) in [6.07, 6.45) is -5.26. The molecule has 0 aliphatic carbocycles. The van der Waals surface area contributed by atoms with Crippen molar-refractivity contribution in [3.8, 4) is 0 Å². The van der Waals surface area contributed by atoms with E-state index in [1.807, 2.05) is 6.92 Å². The number of carbonyl (C=O) groups excluding carboxylic acids is 1. The molecule has 2 aliphatic heterocycles. The summed E-state index contributed by atoms with van der Waals surface area (Å²) in [7, 11) is 0. The van der Waals surface area contributed by atoms with Gasteiger partial charge in [-0.2, -0.15) is 31.4 Å². The van der Waals surface area contributed by atoms with Gasteiger partial charge in [0.25, 0.3) is 0 Å². The summed E-state index contributed by atoms with van der Waals surface area (Å²) in [4.78, 5) is 12.8. The highest BCUT2D eigenvalue weighted by Crippen LogP contribution is 2.42. The second-order valence-corrected chi connectivity index (χ2v) is 9.33. The van der Waals surface area contributed by atoms with Crippen LogP contribution in [-0.4, -0.2) is 39.9 Å². The number of piperidine rings is 1. The monoisotopic (exact) mass is 504 g/mol. The van der Waals surface area contributed by atoms with Crippen LogP contribution in [0.2, 0.25) is 0 Å². The summed E-state index contributed by atoms with van der Waals surface area (Å²) in [5, 5.41) is 10.4. The second-order valence-electron chi connectivity index (χ2n) is 9.33. The lowest BCUT2D eigenvalue weighted by Crippen LogP contribution is -2.55. The molecule has 0 spiro atoms. The van der Waals surface area contributed by atoms with E-state index in [9.17, 15) is 31.1 Å². The molecule has 3 heterocycles. The van der Waals surface area contributed by atoms with Gasteiger partial charge >= 0.3 is 12.4 Å². The Kier molecular flexibility index (Phi) is 6.89. The van der Waals surface area contributed by atoms with E-state index in [1.165, 1.54) is 0 Å². The third-order valence-corrected chi connectivity index (χ3v) is 6.73. The number of aromatic nitrogens is 2. The van der Waals surface area contributed by atoms with E-state index in [4.69, 9.17) is 4.74 Å². The van der Waals surface area contributed by atoms with E-state index in [1.54, 1.807) is 23.1 Å². The lowest BCUT2D eigenvalue weighted by Gasteiger charge is -2.39. The van der Waals surface area contributed by atoms with Crippen molar-refractivity contribution in [2.75, 3.05) is 6.54 Å². The van der Waals surface area contributed by atoms with E-state index in [0.717, 1.165) is 0 Å². The standard InChI is InChI=1S/C23H26F6N4O2/c1-21-12-17(20(34)30-6-8-33-7-2-5-31-33)18(32-21)3-4-19(21)35-13-14-9-15(22(24,25)26)11-16(10-14)23(27,28)29/h2,5,7,9-11,17-19,32H,3-4,6,8,12-13H2,1H3,(H,30,34). The maximum Gasteiger partial charge on any atom is 0.416 e. The lowest BCUT2D eigenvalue weighted by molar-refractivity contribution is -0.143. The molecule has 192 valence electrons. The first kappa shape index (κ1) is 25.5. The number of amides is 1.